The van der Waals surface area contributed by atoms with E-state index >= 15 is 0 Å². The molecule has 4 heteroatoms. The summed E-state index contributed by atoms with van der Waals surface area (Å²) < 4.78 is 13.5. The third kappa shape index (κ3) is 3.47. The summed E-state index contributed by atoms with van der Waals surface area (Å²) in [5.74, 6) is -0.320. The maximum absolute atomic E-state index is 13.1. The van der Waals surface area contributed by atoms with Gasteiger partial charge in [-0.1, -0.05) is 6.07 Å². The van der Waals surface area contributed by atoms with Gasteiger partial charge in [-0.25, -0.2) is 4.39 Å². The number of carbonyl (C=O) groups is 1. The lowest BCUT2D eigenvalue weighted by Crippen LogP contribution is -2.05. The molecule has 0 atom stereocenters. The van der Waals surface area contributed by atoms with E-state index in [1.165, 1.54) is 6.07 Å². The van der Waals surface area contributed by atoms with Crippen LogP contribution in [0, 0.1) is 19.7 Å². The second kappa shape index (κ2) is 5.61. The largest absolute Gasteiger partial charge is 0.294 e. The predicted octanol–water partition coefficient (Wildman–Crippen LogP) is 4.03. The second-order valence-electron chi connectivity index (χ2n) is 4.49. The average Bonchev–Trinajstić information content (AvgIpc) is 2.32. The van der Waals surface area contributed by atoms with Crippen LogP contribution in [0.4, 0.5) is 4.39 Å². The first-order valence-corrected chi connectivity index (χ1v) is 6.67. The van der Waals surface area contributed by atoms with Crippen LogP contribution in [0.15, 0.2) is 34.8 Å². The molecule has 0 N–H and O–H groups in total. The Morgan fingerprint density at radius 1 is 1.21 bits per heavy atom. The fourth-order valence-electron chi connectivity index (χ4n) is 1.93. The van der Waals surface area contributed by atoms with Crippen molar-refractivity contribution in [2.75, 3.05) is 0 Å². The minimum Gasteiger partial charge on any atom is -0.294 e. The molecule has 0 amide bonds. The first kappa shape index (κ1) is 13.9. The zero-order valence-corrected chi connectivity index (χ0v) is 12.3. The number of carbonyl (C=O) groups excluding carboxylic acids is 1. The molecule has 2 nitrogen and oxygen atoms in total. The number of halogens is 2. The Hall–Kier alpha value is -1.55. The third-order valence-electron chi connectivity index (χ3n) is 2.75. The molecule has 1 heterocycles. The van der Waals surface area contributed by atoms with E-state index in [4.69, 9.17) is 0 Å². The van der Waals surface area contributed by atoms with Crippen LogP contribution >= 0.6 is 15.9 Å². The Labute approximate surface area is 119 Å². The molecule has 98 valence electrons. The van der Waals surface area contributed by atoms with Gasteiger partial charge in [0.25, 0.3) is 0 Å². The van der Waals surface area contributed by atoms with Crippen LogP contribution in [-0.2, 0) is 6.42 Å². The molecule has 0 spiro atoms. The highest BCUT2D eigenvalue weighted by atomic mass is 79.9. The van der Waals surface area contributed by atoms with Gasteiger partial charge in [-0.3, -0.25) is 9.78 Å². The number of nitrogens with zero attached hydrogens (tertiary/aromatic N) is 1. The molecule has 0 aliphatic rings. The molecule has 0 fully saturated rings. The van der Waals surface area contributed by atoms with Crippen LogP contribution in [-0.4, -0.2) is 10.8 Å². The summed E-state index contributed by atoms with van der Waals surface area (Å²) in [6, 6.07) is 8.16. The van der Waals surface area contributed by atoms with Crippen molar-refractivity contribution in [3.8, 4) is 0 Å². The molecule has 19 heavy (non-hydrogen) atoms. The highest BCUT2D eigenvalue weighted by molar-refractivity contribution is 9.10. The zero-order chi connectivity index (χ0) is 14.0. The van der Waals surface area contributed by atoms with Crippen molar-refractivity contribution < 1.29 is 9.18 Å². The zero-order valence-electron chi connectivity index (χ0n) is 10.7. The van der Waals surface area contributed by atoms with Gasteiger partial charge in [0, 0.05) is 23.4 Å². The molecule has 1 aromatic carbocycles. The highest BCUT2D eigenvalue weighted by Crippen LogP contribution is 2.18. The van der Waals surface area contributed by atoms with Crippen molar-refractivity contribution >= 4 is 21.7 Å². The topological polar surface area (TPSA) is 30.0 Å². The standard InChI is InChI=1S/C15H13BrFNO/c1-9-5-12(6-10(2)18-9)15(19)8-11-3-4-14(17)13(16)7-11/h3-7H,8H2,1-2H3. The van der Waals surface area contributed by atoms with Crippen molar-refractivity contribution in [1.82, 2.24) is 4.98 Å². The number of rotatable bonds is 3. The van der Waals surface area contributed by atoms with E-state index in [9.17, 15) is 9.18 Å². The minimum absolute atomic E-state index is 0.00658. The molecule has 0 saturated carbocycles. The van der Waals surface area contributed by atoms with Crippen LogP contribution in [0.3, 0.4) is 0 Å². The SMILES string of the molecule is Cc1cc(C(=O)Cc2ccc(F)c(Br)c2)cc(C)n1. The molecule has 0 unspecified atom stereocenters. The van der Waals surface area contributed by atoms with Crippen molar-refractivity contribution in [2.24, 2.45) is 0 Å². The van der Waals surface area contributed by atoms with Gasteiger partial charge < -0.3 is 0 Å². The molecule has 0 aliphatic carbocycles. The van der Waals surface area contributed by atoms with E-state index in [2.05, 4.69) is 20.9 Å². The Bertz CT molecular complexity index is 620. The van der Waals surface area contributed by atoms with E-state index in [0.29, 0.717) is 10.0 Å². The Kier molecular flexibility index (Phi) is 4.10. The number of ketones is 1. The number of aryl methyl sites for hydroxylation is 2. The lowest BCUT2D eigenvalue weighted by Gasteiger charge is -2.05. The second-order valence-corrected chi connectivity index (χ2v) is 5.34. The molecular weight excluding hydrogens is 309 g/mol. The maximum Gasteiger partial charge on any atom is 0.167 e. The number of benzene rings is 1. The summed E-state index contributed by atoms with van der Waals surface area (Å²) >= 11 is 3.12. The molecule has 0 saturated heterocycles. The first-order chi connectivity index (χ1) is 8.95. The molecule has 0 radical (unpaired) electrons. The van der Waals surface area contributed by atoms with Crippen molar-refractivity contribution in [1.29, 1.82) is 0 Å². The van der Waals surface area contributed by atoms with E-state index in [-0.39, 0.29) is 18.0 Å². The summed E-state index contributed by atoms with van der Waals surface area (Å²) in [7, 11) is 0. The van der Waals surface area contributed by atoms with E-state index < -0.39 is 0 Å². The quantitative estimate of drug-likeness (QED) is 0.799. The number of aromatic nitrogens is 1. The normalized spacial score (nSPS) is 10.5. The van der Waals surface area contributed by atoms with Crippen molar-refractivity contribution in [2.45, 2.75) is 20.3 Å². The van der Waals surface area contributed by atoms with Crippen molar-refractivity contribution in [3.63, 3.8) is 0 Å². The lowest BCUT2D eigenvalue weighted by molar-refractivity contribution is 0.0992. The summed E-state index contributed by atoms with van der Waals surface area (Å²) in [6.45, 7) is 3.72. The van der Waals surface area contributed by atoms with Crippen LogP contribution in [0.5, 0.6) is 0 Å². The van der Waals surface area contributed by atoms with Crippen molar-refractivity contribution in [3.05, 3.63) is 63.1 Å². The van der Waals surface area contributed by atoms with E-state index in [1.54, 1.807) is 24.3 Å². The fraction of sp³-hybridized carbons (Fsp3) is 0.200. The number of pyridine rings is 1. The Morgan fingerprint density at radius 3 is 2.42 bits per heavy atom. The highest BCUT2D eigenvalue weighted by Gasteiger charge is 2.10. The third-order valence-corrected chi connectivity index (χ3v) is 3.36. The van der Waals surface area contributed by atoms with Gasteiger partial charge in [-0.05, 0) is 59.6 Å². The fourth-order valence-corrected chi connectivity index (χ4v) is 2.36. The van der Waals surface area contributed by atoms with E-state index in [0.717, 1.165) is 17.0 Å². The molecule has 2 rings (SSSR count). The van der Waals surface area contributed by atoms with Crippen LogP contribution in [0.1, 0.15) is 27.3 Å². The summed E-state index contributed by atoms with van der Waals surface area (Å²) in [4.78, 5) is 16.4. The molecule has 2 aromatic rings. The van der Waals surface area contributed by atoms with Gasteiger partial charge in [0.2, 0.25) is 0 Å². The smallest absolute Gasteiger partial charge is 0.167 e. The average molecular weight is 322 g/mol. The van der Waals surface area contributed by atoms with Gasteiger partial charge >= 0.3 is 0 Å². The van der Waals surface area contributed by atoms with Gasteiger partial charge in [-0.15, -0.1) is 0 Å². The van der Waals surface area contributed by atoms with E-state index in [1.807, 2.05) is 13.8 Å². The summed E-state index contributed by atoms with van der Waals surface area (Å²) in [5.41, 5.74) is 3.07. The Morgan fingerprint density at radius 2 is 1.84 bits per heavy atom. The molecule has 0 bridgehead atoms. The lowest BCUT2D eigenvalue weighted by atomic mass is 10.0. The predicted molar refractivity (Wildman–Crippen MR) is 75.8 cm³/mol. The van der Waals surface area contributed by atoms with Gasteiger partial charge in [0.15, 0.2) is 5.78 Å². The van der Waals surface area contributed by atoms with Gasteiger partial charge in [0.05, 0.1) is 4.47 Å². The Balaban J connectivity index is 2.22. The van der Waals surface area contributed by atoms with Crippen LogP contribution in [0.2, 0.25) is 0 Å². The molecular formula is C15H13BrFNO. The summed E-state index contributed by atoms with van der Waals surface area (Å²) in [6.07, 6.45) is 0.252. The first-order valence-electron chi connectivity index (χ1n) is 5.88. The summed E-state index contributed by atoms with van der Waals surface area (Å²) in [5, 5.41) is 0. The van der Waals surface area contributed by atoms with Crippen LogP contribution in [0.25, 0.3) is 0 Å². The number of hydrogen-bond acceptors (Lipinski definition) is 2. The maximum atomic E-state index is 13.1. The van der Waals surface area contributed by atoms with Crippen LogP contribution < -0.4 is 0 Å². The number of hydrogen-bond donors (Lipinski definition) is 0. The monoisotopic (exact) mass is 321 g/mol. The molecule has 1 aromatic heterocycles. The van der Waals surface area contributed by atoms with Gasteiger partial charge in [-0.2, -0.15) is 0 Å². The number of Topliss-reactive ketones (excluding diaryl/α,β-unsaturated/α-hetero) is 1. The van der Waals surface area contributed by atoms with Gasteiger partial charge in [0.1, 0.15) is 5.82 Å². The molecule has 0 aliphatic heterocycles. The minimum atomic E-state index is -0.327.